The summed E-state index contributed by atoms with van der Waals surface area (Å²) in [6, 6.07) is 29.5. The van der Waals surface area contributed by atoms with Crippen molar-refractivity contribution in [1.29, 1.82) is 0 Å². The van der Waals surface area contributed by atoms with E-state index in [0.717, 1.165) is 18.7 Å². The molecule has 3 fully saturated rings. The van der Waals surface area contributed by atoms with Crippen molar-refractivity contribution in [2.75, 3.05) is 20.2 Å². The summed E-state index contributed by atoms with van der Waals surface area (Å²) >= 11 is 0. The minimum Gasteiger partial charge on any atom is -0.496 e. The van der Waals surface area contributed by atoms with E-state index in [1.165, 1.54) is 48.2 Å². The van der Waals surface area contributed by atoms with Crippen LogP contribution in [-0.2, 0) is 6.54 Å². The van der Waals surface area contributed by atoms with Gasteiger partial charge in [-0.1, -0.05) is 86.6 Å². The molecule has 3 heterocycles. The third kappa shape index (κ3) is 4.60. The quantitative estimate of drug-likeness (QED) is 0.356. The Morgan fingerprint density at radius 1 is 0.917 bits per heavy atom. The molecule has 0 aliphatic carbocycles. The lowest BCUT2D eigenvalue weighted by Gasteiger charge is -2.61. The SMILES string of the molecule is CCC(C)c1ccc(OC)c(CN[C@H]2C3CCN(CC3)[C@@]2(C)C(c2ccccc2)c2ccccc2)c1. The van der Waals surface area contributed by atoms with Gasteiger partial charge in [0.1, 0.15) is 5.75 Å². The molecular weight excluding hydrogens is 440 g/mol. The van der Waals surface area contributed by atoms with Crippen LogP contribution in [0.3, 0.4) is 0 Å². The molecule has 0 saturated carbocycles. The van der Waals surface area contributed by atoms with E-state index in [4.69, 9.17) is 4.74 Å². The van der Waals surface area contributed by atoms with Gasteiger partial charge in [-0.2, -0.15) is 0 Å². The minimum atomic E-state index is -0.0224. The van der Waals surface area contributed by atoms with Gasteiger partial charge >= 0.3 is 0 Å². The first kappa shape index (κ1) is 25.0. The second kappa shape index (κ2) is 10.8. The Kier molecular flexibility index (Phi) is 7.50. The van der Waals surface area contributed by atoms with Crippen LogP contribution in [0.25, 0.3) is 0 Å². The Morgan fingerprint density at radius 2 is 1.53 bits per heavy atom. The molecule has 3 aliphatic heterocycles. The van der Waals surface area contributed by atoms with Gasteiger partial charge in [0, 0.05) is 29.6 Å². The van der Waals surface area contributed by atoms with Gasteiger partial charge < -0.3 is 10.1 Å². The number of fused-ring (bicyclic) bond motifs is 3. The van der Waals surface area contributed by atoms with Crippen LogP contribution in [0.15, 0.2) is 78.9 Å². The van der Waals surface area contributed by atoms with Gasteiger partial charge in [0.25, 0.3) is 0 Å². The fourth-order valence-corrected chi connectivity index (χ4v) is 6.98. The van der Waals surface area contributed by atoms with E-state index in [0.29, 0.717) is 23.8 Å². The van der Waals surface area contributed by atoms with E-state index in [1.807, 2.05) is 0 Å². The number of nitrogens with one attached hydrogen (secondary N) is 1. The summed E-state index contributed by atoms with van der Waals surface area (Å²) in [5, 5.41) is 4.12. The maximum Gasteiger partial charge on any atom is 0.123 e. The fraction of sp³-hybridized carbons (Fsp3) is 0.455. The molecule has 1 unspecified atom stereocenters. The molecule has 0 spiro atoms. The molecule has 0 radical (unpaired) electrons. The van der Waals surface area contributed by atoms with E-state index in [-0.39, 0.29) is 5.54 Å². The number of piperidine rings is 3. The second-order valence-electron chi connectivity index (χ2n) is 11.0. The van der Waals surface area contributed by atoms with Crippen molar-refractivity contribution in [1.82, 2.24) is 10.2 Å². The van der Waals surface area contributed by atoms with E-state index in [2.05, 4.69) is 110 Å². The molecule has 3 aromatic rings. The van der Waals surface area contributed by atoms with Gasteiger partial charge in [-0.15, -0.1) is 0 Å². The van der Waals surface area contributed by atoms with Gasteiger partial charge in [0.15, 0.2) is 0 Å². The van der Waals surface area contributed by atoms with E-state index < -0.39 is 0 Å². The van der Waals surface area contributed by atoms with Crippen molar-refractivity contribution < 1.29 is 4.74 Å². The van der Waals surface area contributed by atoms with Crippen LogP contribution in [0, 0.1) is 5.92 Å². The number of ether oxygens (including phenoxy) is 1. The van der Waals surface area contributed by atoms with E-state index >= 15 is 0 Å². The van der Waals surface area contributed by atoms with Crippen LogP contribution in [0.5, 0.6) is 5.75 Å². The molecule has 3 nitrogen and oxygen atoms in total. The molecule has 36 heavy (non-hydrogen) atoms. The Balaban J connectivity index is 1.52. The van der Waals surface area contributed by atoms with Gasteiger partial charge in [0.05, 0.1) is 7.11 Å². The summed E-state index contributed by atoms with van der Waals surface area (Å²) in [6.07, 6.45) is 3.69. The molecule has 0 aromatic heterocycles. The summed E-state index contributed by atoms with van der Waals surface area (Å²) in [5.74, 6) is 2.52. The average molecular weight is 483 g/mol. The van der Waals surface area contributed by atoms with Crippen LogP contribution in [-0.4, -0.2) is 36.7 Å². The molecule has 3 heteroatoms. The first-order valence-electron chi connectivity index (χ1n) is 13.8. The van der Waals surface area contributed by atoms with Crippen molar-refractivity contribution in [3.8, 4) is 5.75 Å². The number of hydrogen-bond donors (Lipinski definition) is 1. The summed E-state index contributed by atoms with van der Waals surface area (Å²) in [4.78, 5) is 2.78. The zero-order valence-corrected chi connectivity index (χ0v) is 22.4. The monoisotopic (exact) mass is 482 g/mol. The Labute approximate surface area is 217 Å². The zero-order chi connectivity index (χ0) is 25.1. The highest BCUT2D eigenvalue weighted by molar-refractivity contribution is 5.41. The number of methoxy groups -OCH3 is 1. The third-order valence-corrected chi connectivity index (χ3v) is 9.17. The highest BCUT2D eigenvalue weighted by atomic mass is 16.5. The van der Waals surface area contributed by atoms with Crippen LogP contribution in [0.1, 0.15) is 74.1 Å². The molecule has 190 valence electrons. The number of hydrogen-bond acceptors (Lipinski definition) is 3. The fourth-order valence-electron chi connectivity index (χ4n) is 6.98. The molecule has 2 bridgehead atoms. The normalized spacial score (nSPS) is 26.2. The first-order valence-corrected chi connectivity index (χ1v) is 13.8. The van der Waals surface area contributed by atoms with Gasteiger partial charge in [-0.05, 0) is 73.9 Å². The van der Waals surface area contributed by atoms with Crippen LogP contribution in [0.2, 0.25) is 0 Å². The maximum absolute atomic E-state index is 5.80. The van der Waals surface area contributed by atoms with E-state index in [9.17, 15) is 0 Å². The largest absolute Gasteiger partial charge is 0.496 e. The molecular formula is C33H42N2O. The topological polar surface area (TPSA) is 24.5 Å². The molecule has 6 rings (SSSR count). The van der Waals surface area contributed by atoms with Crippen molar-refractivity contribution in [3.05, 3.63) is 101 Å². The number of benzene rings is 3. The highest BCUT2D eigenvalue weighted by Crippen LogP contribution is 2.49. The van der Waals surface area contributed by atoms with Crippen LogP contribution in [0.4, 0.5) is 0 Å². The van der Waals surface area contributed by atoms with Crippen LogP contribution < -0.4 is 10.1 Å². The molecule has 0 amide bonds. The van der Waals surface area contributed by atoms with E-state index in [1.54, 1.807) is 7.11 Å². The third-order valence-electron chi connectivity index (χ3n) is 9.17. The minimum absolute atomic E-state index is 0.0224. The molecule has 3 atom stereocenters. The lowest BCUT2D eigenvalue weighted by Crippen LogP contribution is -2.71. The Bertz CT molecular complexity index is 1080. The van der Waals surface area contributed by atoms with Crippen molar-refractivity contribution >= 4 is 0 Å². The summed E-state index contributed by atoms with van der Waals surface area (Å²) < 4.78 is 5.80. The summed E-state index contributed by atoms with van der Waals surface area (Å²) in [5.41, 5.74) is 5.46. The first-order chi connectivity index (χ1) is 17.6. The molecule has 1 N–H and O–H groups in total. The van der Waals surface area contributed by atoms with Crippen molar-refractivity contribution in [3.63, 3.8) is 0 Å². The Morgan fingerprint density at radius 3 is 2.08 bits per heavy atom. The zero-order valence-electron chi connectivity index (χ0n) is 22.4. The number of rotatable bonds is 9. The van der Waals surface area contributed by atoms with Crippen molar-refractivity contribution in [2.24, 2.45) is 5.92 Å². The van der Waals surface area contributed by atoms with Crippen molar-refractivity contribution in [2.45, 2.75) is 70.0 Å². The average Bonchev–Trinajstić information content (AvgIpc) is 2.94. The highest BCUT2D eigenvalue weighted by Gasteiger charge is 2.54. The second-order valence-corrected chi connectivity index (χ2v) is 11.0. The Hall–Kier alpha value is -2.62. The predicted molar refractivity (Wildman–Crippen MR) is 150 cm³/mol. The lowest BCUT2D eigenvalue weighted by molar-refractivity contribution is -0.0612. The molecule has 3 aliphatic rings. The van der Waals surface area contributed by atoms with Gasteiger partial charge in [-0.3, -0.25) is 4.90 Å². The standard InChI is InChI=1S/C33H42N2O/c1-5-24(2)28-16-17-30(36-4)29(22-28)23-34-32-27-18-20-35(21-19-27)33(32,3)31(25-12-8-6-9-13-25)26-14-10-7-11-15-26/h6-17,22,24,27,31-32,34H,5,18-21,23H2,1-4H3/t24?,32-,33-/m0/s1. The summed E-state index contributed by atoms with van der Waals surface area (Å²) in [6.45, 7) is 10.3. The van der Waals surface area contributed by atoms with Gasteiger partial charge in [-0.25, -0.2) is 0 Å². The molecule has 3 aromatic carbocycles. The molecule has 3 saturated heterocycles. The smallest absolute Gasteiger partial charge is 0.123 e. The lowest BCUT2D eigenvalue weighted by atomic mass is 9.62. The van der Waals surface area contributed by atoms with Crippen LogP contribution >= 0.6 is 0 Å². The number of nitrogens with zero attached hydrogens (tertiary/aromatic N) is 1. The predicted octanol–water partition coefficient (Wildman–Crippen LogP) is 6.98. The maximum atomic E-state index is 5.80. The summed E-state index contributed by atoms with van der Waals surface area (Å²) in [7, 11) is 1.79. The van der Waals surface area contributed by atoms with Gasteiger partial charge in [0.2, 0.25) is 0 Å².